The number of hydrogen-bond donors (Lipinski definition) is 3. The Morgan fingerprint density at radius 2 is 1.53 bits per heavy atom. The molecule has 0 aliphatic carbocycles. The summed E-state index contributed by atoms with van der Waals surface area (Å²) >= 11 is 4.47. The van der Waals surface area contributed by atoms with Gasteiger partial charge in [-0.05, 0) is 72.3 Å². The Bertz CT molecular complexity index is 1990. The fourth-order valence-corrected chi connectivity index (χ4v) is 6.12. The Kier molecular flexibility index (Phi) is 11.9. The van der Waals surface area contributed by atoms with Gasteiger partial charge in [0, 0.05) is 32.2 Å². The molecule has 3 amide bonds. The van der Waals surface area contributed by atoms with Crippen LogP contribution in [0.3, 0.4) is 0 Å². The summed E-state index contributed by atoms with van der Waals surface area (Å²) in [5.41, 5.74) is 2.05. The van der Waals surface area contributed by atoms with Gasteiger partial charge in [-0.25, -0.2) is 4.39 Å². The Balaban J connectivity index is 1.41. The van der Waals surface area contributed by atoms with Crippen LogP contribution in [0.2, 0.25) is 0 Å². The Hall–Kier alpha value is -5.39. The molecule has 5 aromatic rings. The largest absolute Gasteiger partial charge is 0.497 e. The number of halogens is 2. The number of carbonyl (C=O) groups is 3. The first kappa shape index (κ1) is 34.9. The lowest BCUT2D eigenvalue weighted by molar-refractivity contribution is -0.116. The molecule has 1 atom stereocenters. The minimum Gasteiger partial charge on any atom is -0.497 e. The van der Waals surface area contributed by atoms with Crippen LogP contribution in [0, 0.1) is 5.82 Å². The second kappa shape index (κ2) is 16.6. The van der Waals surface area contributed by atoms with Gasteiger partial charge in [0.25, 0.3) is 11.8 Å². The molecule has 0 bridgehead atoms. The van der Waals surface area contributed by atoms with E-state index in [1.807, 2.05) is 30.3 Å². The number of benzene rings is 5. The quantitative estimate of drug-likeness (QED) is 0.0876. The second-order valence-electron chi connectivity index (χ2n) is 10.5. The molecule has 0 heterocycles. The highest BCUT2D eigenvalue weighted by Crippen LogP contribution is 2.37. The molecule has 0 radical (unpaired) electrons. The van der Waals surface area contributed by atoms with Crippen LogP contribution in [0.25, 0.3) is 6.08 Å². The van der Waals surface area contributed by atoms with E-state index in [0.29, 0.717) is 43.2 Å². The third-order valence-electron chi connectivity index (χ3n) is 7.14. The molecular formula is C38H31BrFN3O5S. The maximum absolute atomic E-state index is 14.6. The fraction of sp³-hybridized carbons (Fsp3) is 0.0789. The Labute approximate surface area is 295 Å². The van der Waals surface area contributed by atoms with Crippen molar-refractivity contribution >= 4 is 62.9 Å². The summed E-state index contributed by atoms with van der Waals surface area (Å²) in [6, 6.07) is 34.1. The zero-order chi connectivity index (χ0) is 34.8. The molecule has 0 spiro atoms. The van der Waals surface area contributed by atoms with Gasteiger partial charge in [-0.1, -0.05) is 70.5 Å². The third kappa shape index (κ3) is 9.37. The second-order valence-corrected chi connectivity index (χ2v) is 12.6. The van der Waals surface area contributed by atoms with Gasteiger partial charge in [-0.15, -0.1) is 11.8 Å². The summed E-state index contributed by atoms with van der Waals surface area (Å²) < 4.78 is 25.9. The van der Waals surface area contributed by atoms with E-state index >= 15 is 0 Å². The van der Waals surface area contributed by atoms with Crippen LogP contribution < -0.4 is 25.4 Å². The maximum Gasteiger partial charge on any atom is 0.272 e. The molecule has 248 valence electrons. The lowest BCUT2D eigenvalue weighted by Crippen LogP contribution is -2.30. The van der Waals surface area contributed by atoms with Crippen molar-refractivity contribution < 1.29 is 28.2 Å². The van der Waals surface area contributed by atoms with E-state index < -0.39 is 28.8 Å². The molecule has 0 aliphatic rings. The normalized spacial score (nSPS) is 11.6. The lowest BCUT2D eigenvalue weighted by Gasteiger charge is -2.18. The van der Waals surface area contributed by atoms with Crippen LogP contribution in [0.5, 0.6) is 11.5 Å². The predicted molar refractivity (Wildman–Crippen MR) is 194 cm³/mol. The van der Waals surface area contributed by atoms with E-state index in [1.54, 1.807) is 78.9 Å². The average molecular weight is 741 g/mol. The number of hydrogen-bond acceptors (Lipinski definition) is 6. The molecule has 0 fully saturated rings. The van der Waals surface area contributed by atoms with Crippen molar-refractivity contribution in [3.05, 3.63) is 154 Å². The summed E-state index contributed by atoms with van der Waals surface area (Å²) in [6.45, 7) is 0. The van der Waals surface area contributed by atoms with E-state index in [0.717, 1.165) is 0 Å². The Morgan fingerprint density at radius 3 is 2.22 bits per heavy atom. The first-order valence-corrected chi connectivity index (χ1v) is 16.6. The van der Waals surface area contributed by atoms with Gasteiger partial charge < -0.3 is 25.4 Å². The van der Waals surface area contributed by atoms with Crippen molar-refractivity contribution in [2.24, 2.45) is 0 Å². The zero-order valence-corrected chi connectivity index (χ0v) is 28.8. The zero-order valence-electron chi connectivity index (χ0n) is 26.4. The van der Waals surface area contributed by atoms with Gasteiger partial charge in [0.05, 0.1) is 19.9 Å². The summed E-state index contributed by atoms with van der Waals surface area (Å²) in [4.78, 5) is 41.1. The molecule has 11 heteroatoms. The summed E-state index contributed by atoms with van der Waals surface area (Å²) in [5.74, 6) is -1.06. The van der Waals surface area contributed by atoms with Crippen LogP contribution in [0.15, 0.2) is 136 Å². The number of amides is 3. The molecule has 0 saturated carbocycles. The number of methoxy groups -OCH3 is 2. The first-order valence-electron chi connectivity index (χ1n) is 14.9. The van der Waals surface area contributed by atoms with Gasteiger partial charge in [-0.3, -0.25) is 14.4 Å². The van der Waals surface area contributed by atoms with Crippen LogP contribution in [-0.2, 0) is 9.59 Å². The highest BCUT2D eigenvalue weighted by atomic mass is 79.9. The van der Waals surface area contributed by atoms with E-state index in [2.05, 4.69) is 31.9 Å². The minimum atomic E-state index is -0.752. The summed E-state index contributed by atoms with van der Waals surface area (Å²) in [5, 5.41) is 7.53. The van der Waals surface area contributed by atoms with E-state index in [1.165, 1.54) is 44.2 Å². The van der Waals surface area contributed by atoms with Crippen LogP contribution in [0.4, 0.5) is 15.8 Å². The van der Waals surface area contributed by atoms with E-state index in [4.69, 9.17) is 9.47 Å². The first-order chi connectivity index (χ1) is 23.7. The molecule has 5 rings (SSSR count). The number of thioether (sulfide) groups is 1. The molecule has 0 aliphatic heterocycles. The predicted octanol–water partition coefficient (Wildman–Crippen LogP) is 8.49. The van der Waals surface area contributed by atoms with Crippen molar-refractivity contribution in [1.29, 1.82) is 0 Å². The van der Waals surface area contributed by atoms with Gasteiger partial charge in [-0.2, -0.15) is 0 Å². The van der Waals surface area contributed by atoms with Gasteiger partial charge in [0.2, 0.25) is 5.91 Å². The number of rotatable bonds is 12. The molecule has 0 saturated heterocycles. The van der Waals surface area contributed by atoms with Crippen LogP contribution >= 0.6 is 27.7 Å². The van der Waals surface area contributed by atoms with Crippen molar-refractivity contribution in [3.63, 3.8) is 0 Å². The van der Waals surface area contributed by atoms with E-state index in [-0.39, 0.29) is 11.4 Å². The average Bonchev–Trinajstić information content (AvgIpc) is 3.12. The minimum absolute atomic E-state index is 0.0339. The molecule has 0 aromatic heterocycles. The van der Waals surface area contributed by atoms with Crippen molar-refractivity contribution in [1.82, 2.24) is 5.32 Å². The number of nitrogens with one attached hydrogen (secondary N) is 3. The molecular weight excluding hydrogens is 709 g/mol. The summed E-state index contributed by atoms with van der Waals surface area (Å²) in [7, 11) is 3.03. The molecule has 1 unspecified atom stereocenters. The molecule has 5 aromatic carbocycles. The van der Waals surface area contributed by atoms with Crippen molar-refractivity contribution in [2.75, 3.05) is 24.9 Å². The summed E-state index contributed by atoms with van der Waals surface area (Å²) in [6.07, 6.45) is 1.52. The molecule has 8 nitrogen and oxygen atoms in total. The van der Waals surface area contributed by atoms with Gasteiger partial charge in [0.1, 0.15) is 28.3 Å². The topological polar surface area (TPSA) is 106 Å². The van der Waals surface area contributed by atoms with E-state index in [9.17, 15) is 18.8 Å². The number of carbonyl (C=O) groups excluding carboxylic acids is 3. The smallest absolute Gasteiger partial charge is 0.272 e. The monoisotopic (exact) mass is 739 g/mol. The third-order valence-corrected chi connectivity index (χ3v) is 8.89. The standard InChI is InChI=1S/C38H31BrFN3O5S/c1-47-29-18-16-26(34(23-29)48-2)20-33(43-36(44)25-12-7-4-8-13-25)37(45)41-28-14-9-15-30(22-28)49-35(24-10-5-3-6-11-24)38(46)42-32-19-17-27(39)21-31(32)40/h3-23,35H,1-2H3,(H,41,45)(H,42,46)(H,43,44)/b33-20+. The number of anilines is 2. The van der Waals surface area contributed by atoms with Gasteiger partial charge in [0.15, 0.2) is 0 Å². The van der Waals surface area contributed by atoms with Crippen LogP contribution in [-0.4, -0.2) is 31.9 Å². The highest BCUT2D eigenvalue weighted by molar-refractivity contribution is 9.10. The van der Waals surface area contributed by atoms with Gasteiger partial charge >= 0.3 is 0 Å². The molecule has 3 N–H and O–H groups in total. The number of ether oxygens (including phenoxy) is 2. The fourth-order valence-electron chi connectivity index (χ4n) is 4.71. The van der Waals surface area contributed by atoms with Crippen molar-refractivity contribution in [2.45, 2.75) is 10.1 Å². The molecule has 49 heavy (non-hydrogen) atoms. The van der Waals surface area contributed by atoms with Crippen molar-refractivity contribution in [3.8, 4) is 11.5 Å². The van der Waals surface area contributed by atoms with Crippen LogP contribution in [0.1, 0.15) is 26.7 Å². The SMILES string of the molecule is COc1ccc(/C=C(/NC(=O)c2ccccc2)C(=O)Nc2cccc(SC(C(=O)Nc3ccc(Br)cc3F)c3ccccc3)c2)c(OC)c1. The highest BCUT2D eigenvalue weighted by Gasteiger charge is 2.24. The Morgan fingerprint density at radius 1 is 0.796 bits per heavy atom. The maximum atomic E-state index is 14.6. The lowest BCUT2D eigenvalue weighted by atomic mass is 10.1.